The van der Waals surface area contributed by atoms with Gasteiger partial charge in [-0.15, -0.1) is 0 Å². The van der Waals surface area contributed by atoms with Crippen LogP contribution in [0.5, 0.6) is 0 Å². The van der Waals surface area contributed by atoms with Gasteiger partial charge >= 0.3 is 0 Å². The van der Waals surface area contributed by atoms with Gasteiger partial charge in [0.15, 0.2) is 5.96 Å². The Morgan fingerprint density at radius 1 is 1.25 bits per heavy atom. The highest BCUT2D eigenvalue weighted by atomic mass is 15.2. The van der Waals surface area contributed by atoms with Crippen molar-refractivity contribution in [2.24, 2.45) is 16.8 Å². The molecule has 3 saturated carbocycles. The number of hydrogen-bond acceptors (Lipinski definition) is 2. The molecule has 3 fully saturated rings. The maximum absolute atomic E-state index is 4.76. The van der Waals surface area contributed by atoms with Gasteiger partial charge in [-0.25, -0.2) is 0 Å². The standard InChI is InChI=1S/C16H30N4/c1-3-17-16(19-15-10-12(15)2)18-8-9-20(14-6-7-14)11-13-4-5-13/h12-15H,3-11H2,1-2H3,(H2,17,18,19). The summed E-state index contributed by atoms with van der Waals surface area (Å²) in [6.45, 7) is 8.77. The van der Waals surface area contributed by atoms with Crippen molar-refractivity contribution in [2.75, 3.05) is 26.2 Å². The van der Waals surface area contributed by atoms with E-state index in [2.05, 4.69) is 29.4 Å². The van der Waals surface area contributed by atoms with Crippen LogP contribution in [0, 0.1) is 11.8 Å². The Labute approximate surface area is 123 Å². The molecular formula is C16H30N4. The number of guanidine groups is 1. The predicted octanol–water partition coefficient (Wildman–Crippen LogP) is 1.82. The first-order valence-electron chi connectivity index (χ1n) is 8.55. The van der Waals surface area contributed by atoms with Gasteiger partial charge in [-0.05, 0) is 50.9 Å². The molecule has 3 rings (SSSR count). The highest BCUT2D eigenvalue weighted by molar-refractivity contribution is 5.80. The minimum Gasteiger partial charge on any atom is -0.357 e. The van der Waals surface area contributed by atoms with Crippen LogP contribution in [-0.4, -0.2) is 49.1 Å². The zero-order chi connectivity index (χ0) is 13.9. The van der Waals surface area contributed by atoms with E-state index in [-0.39, 0.29) is 0 Å². The third kappa shape index (κ3) is 4.37. The summed E-state index contributed by atoms with van der Waals surface area (Å²) < 4.78 is 0. The van der Waals surface area contributed by atoms with Crippen LogP contribution in [0.25, 0.3) is 0 Å². The fraction of sp³-hybridized carbons (Fsp3) is 0.938. The van der Waals surface area contributed by atoms with Crippen LogP contribution in [0.3, 0.4) is 0 Å². The van der Waals surface area contributed by atoms with Gasteiger partial charge in [0.05, 0.1) is 6.54 Å². The van der Waals surface area contributed by atoms with E-state index in [4.69, 9.17) is 4.99 Å². The first-order valence-corrected chi connectivity index (χ1v) is 8.55. The van der Waals surface area contributed by atoms with Crippen molar-refractivity contribution < 1.29 is 0 Å². The second-order valence-corrected chi connectivity index (χ2v) is 6.89. The summed E-state index contributed by atoms with van der Waals surface area (Å²) in [5.41, 5.74) is 0. The zero-order valence-electron chi connectivity index (χ0n) is 13.1. The minimum atomic E-state index is 0.652. The van der Waals surface area contributed by atoms with Crippen molar-refractivity contribution in [1.82, 2.24) is 15.5 Å². The highest BCUT2D eigenvalue weighted by Gasteiger charge is 2.34. The molecule has 2 unspecified atom stereocenters. The first-order chi connectivity index (χ1) is 9.76. The van der Waals surface area contributed by atoms with E-state index in [0.717, 1.165) is 43.5 Å². The fourth-order valence-corrected chi connectivity index (χ4v) is 2.80. The van der Waals surface area contributed by atoms with Crippen LogP contribution in [0.2, 0.25) is 0 Å². The average molecular weight is 278 g/mol. The number of aliphatic imine (C=N–C) groups is 1. The molecule has 3 aliphatic rings. The summed E-state index contributed by atoms with van der Waals surface area (Å²) in [7, 11) is 0. The quantitative estimate of drug-likeness (QED) is 0.525. The van der Waals surface area contributed by atoms with Crippen molar-refractivity contribution in [1.29, 1.82) is 0 Å². The lowest BCUT2D eigenvalue weighted by Gasteiger charge is -2.21. The molecule has 4 heteroatoms. The van der Waals surface area contributed by atoms with Gasteiger partial charge in [-0.2, -0.15) is 0 Å². The summed E-state index contributed by atoms with van der Waals surface area (Å²) >= 11 is 0. The summed E-state index contributed by atoms with van der Waals surface area (Å²) in [6, 6.07) is 1.53. The lowest BCUT2D eigenvalue weighted by molar-refractivity contribution is 0.260. The first kappa shape index (κ1) is 14.2. The second-order valence-electron chi connectivity index (χ2n) is 6.89. The molecule has 0 aromatic carbocycles. The van der Waals surface area contributed by atoms with Crippen LogP contribution in [-0.2, 0) is 0 Å². The Morgan fingerprint density at radius 3 is 2.55 bits per heavy atom. The molecule has 0 heterocycles. The lowest BCUT2D eigenvalue weighted by Crippen LogP contribution is -2.40. The van der Waals surface area contributed by atoms with Crippen LogP contribution in [0.4, 0.5) is 0 Å². The van der Waals surface area contributed by atoms with Crippen LogP contribution < -0.4 is 10.6 Å². The highest BCUT2D eigenvalue weighted by Crippen LogP contribution is 2.34. The maximum Gasteiger partial charge on any atom is 0.191 e. The third-order valence-electron chi connectivity index (χ3n) is 4.69. The molecule has 0 spiro atoms. The number of rotatable bonds is 8. The van der Waals surface area contributed by atoms with Gasteiger partial charge in [0, 0.05) is 31.7 Å². The lowest BCUT2D eigenvalue weighted by atomic mass is 10.3. The summed E-state index contributed by atoms with van der Waals surface area (Å²) in [6.07, 6.45) is 7.02. The summed E-state index contributed by atoms with van der Waals surface area (Å²) in [4.78, 5) is 7.44. The second kappa shape index (κ2) is 6.33. The topological polar surface area (TPSA) is 39.7 Å². The van der Waals surface area contributed by atoms with E-state index in [1.54, 1.807) is 0 Å². The van der Waals surface area contributed by atoms with E-state index in [1.165, 1.54) is 38.6 Å². The molecule has 0 aromatic rings. The molecule has 0 aromatic heterocycles. The summed E-state index contributed by atoms with van der Waals surface area (Å²) in [5, 5.41) is 6.90. The van der Waals surface area contributed by atoms with Crippen molar-refractivity contribution in [2.45, 2.75) is 58.0 Å². The molecule has 0 radical (unpaired) electrons. The average Bonchev–Trinajstić information content (AvgIpc) is 3.25. The Morgan fingerprint density at radius 2 is 2.00 bits per heavy atom. The van der Waals surface area contributed by atoms with Gasteiger partial charge in [0.2, 0.25) is 0 Å². The molecule has 0 bridgehead atoms. The van der Waals surface area contributed by atoms with Crippen LogP contribution >= 0.6 is 0 Å². The Kier molecular flexibility index (Phi) is 4.49. The van der Waals surface area contributed by atoms with E-state index < -0.39 is 0 Å². The molecule has 114 valence electrons. The Bertz CT molecular complexity index is 346. The van der Waals surface area contributed by atoms with Crippen LogP contribution in [0.1, 0.15) is 46.0 Å². The minimum absolute atomic E-state index is 0.652. The largest absolute Gasteiger partial charge is 0.357 e. The number of nitrogens with one attached hydrogen (secondary N) is 2. The van der Waals surface area contributed by atoms with E-state index in [0.29, 0.717) is 6.04 Å². The molecule has 0 saturated heterocycles. The van der Waals surface area contributed by atoms with Crippen LogP contribution in [0.15, 0.2) is 4.99 Å². The van der Waals surface area contributed by atoms with Gasteiger partial charge in [-0.1, -0.05) is 6.92 Å². The van der Waals surface area contributed by atoms with Gasteiger partial charge in [-0.3, -0.25) is 9.89 Å². The van der Waals surface area contributed by atoms with Crippen molar-refractivity contribution in [3.63, 3.8) is 0 Å². The number of nitrogens with zero attached hydrogens (tertiary/aromatic N) is 2. The molecule has 0 amide bonds. The van der Waals surface area contributed by atoms with Crippen molar-refractivity contribution >= 4 is 5.96 Å². The van der Waals surface area contributed by atoms with E-state index in [9.17, 15) is 0 Å². The van der Waals surface area contributed by atoms with Crippen molar-refractivity contribution in [3.8, 4) is 0 Å². The van der Waals surface area contributed by atoms with E-state index >= 15 is 0 Å². The SMILES string of the molecule is CCNC(=NCCN(CC1CC1)C1CC1)NC1CC1C. The van der Waals surface area contributed by atoms with Gasteiger partial charge in [0.1, 0.15) is 0 Å². The summed E-state index contributed by atoms with van der Waals surface area (Å²) in [5.74, 6) is 2.83. The number of hydrogen-bond donors (Lipinski definition) is 2. The fourth-order valence-electron chi connectivity index (χ4n) is 2.80. The van der Waals surface area contributed by atoms with E-state index in [1.807, 2.05) is 0 Å². The monoisotopic (exact) mass is 278 g/mol. The molecule has 2 N–H and O–H groups in total. The molecule has 3 aliphatic carbocycles. The smallest absolute Gasteiger partial charge is 0.191 e. The normalized spacial score (nSPS) is 29.6. The molecule has 2 atom stereocenters. The molecule has 0 aliphatic heterocycles. The molecule has 20 heavy (non-hydrogen) atoms. The van der Waals surface area contributed by atoms with Gasteiger partial charge in [0.25, 0.3) is 0 Å². The maximum atomic E-state index is 4.76. The molecule has 4 nitrogen and oxygen atoms in total. The zero-order valence-corrected chi connectivity index (χ0v) is 13.1. The third-order valence-corrected chi connectivity index (χ3v) is 4.69. The Hall–Kier alpha value is -0.770. The predicted molar refractivity (Wildman–Crippen MR) is 84.0 cm³/mol. The Balaban J connectivity index is 1.42. The van der Waals surface area contributed by atoms with Crippen molar-refractivity contribution in [3.05, 3.63) is 0 Å². The van der Waals surface area contributed by atoms with Gasteiger partial charge < -0.3 is 10.6 Å². The molecular weight excluding hydrogens is 248 g/mol.